The first-order valence-electron chi connectivity index (χ1n) is 7.89. The van der Waals surface area contributed by atoms with Gasteiger partial charge in [0.05, 0.1) is 4.90 Å². The lowest BCUT2D eigenvalue weighted by molar-refractivity contribution is 0.477. The van der Waals surface area contributed by atoms with Crippen molar-refractivity contribution < 1.29 is 8.42 Å². The quantitative estimate of drug-likeness (QED) is 0.855. The van der Waals surface area contributed by atoms with Gasteiger partial charge in [-0.1, -0.05) is 12.1 Å². The van der Waals surface area contributed by atoms with Crippen molar-refractivity contribution in [1.82, 2.24) is 14.3 Å². The molecule has 3 N–H and O–H groups in total. The van der Waals surface area contributed by atoms with Gasteiger partial charge in [0.25, 0.3) is 0 Å². The summed E-state index contributed by atoms with van der Waals surface area (Å²) >= 11 is 0. The minimum atomic E-state index is -3.36. The van der Waals surface area contributed by atoms with Gasteiger partial charge >= 0.3 is 0 Å². The maximum absolute atomic E-state index is 12.5. The highest BCUT2D eigenvalue weighted by atomic mass is 32.2. The maximum Gasteiger partial charge on any atom is 0.243 e. The van der Waals surface area contributed by atoms with E-state index in [-0.39, 0.29) is 5.95 Å². The molecule has 128 valence electrons. The molecule has 1 aromatic carbocycles. The van der Waals surface area contributed by atoms with E-state index in [9.17, 15) is 8.42 Å². The number of hydrogen-bond acceptors (Lipinski definition) is 6. The summed E-state index contributed by atoms with van der Waals surface area (Å²) in [5.74, 6) is 0.873. The molecule has 0 bridgehead atoms. The zero-order valence-electron chi connectivity index (χ0n) is 13.6. The lowest BCUT2D eigenvalue weighted by atomic mass is 10.2. The number of nitrogen functional groups attached to an aromatic ring is 1. The Bertz CT molecular complexity index is 795. The molecule has 7 nitrogen and oxygen atoms in total. The van der Waals surface area contributed by atoms with E-state index in [2.05, 4.69) is 15.3 Å². The monoisotopic (exact) mass is 347 g/mol. The highest BCUT2D eigenvalue weighted by Gasteiger charge is 2.26. The number of anilines is 2. The van der Waals surface area contributed by atoms with Crippen molar-refractivity contribution in [2.24, 2.45) is 0 Å². The topological polar surface area (TPSA) is 101 Å². The molecule has 1 fully saturated rings. The molecule has 1 saturated heterocycles. The van der Waals surface area contributed by atoms with Crippen LogP contribution in [0.5, 0.6) is 0 Å². The van der Waals surface area contributed by atoms with E-state index in [1.165, 1.54) is 0 Å². The molecule has 0 aliphatic carbocycles. The summed E-state index contributed by atoms with van der Waals surface area (Å²) in [6.07, 6.45) is 1.87. The molecular formula is C16H21N5O2S. The SMILES string of the molecule is Cc1cc(NCc2ccc(S(=O)(=O)N3CCCC3)cc2)nc(N)n1. The summed E-state index contributed by atoms with van der Waals surface area (Å²) in [7, 11) is -3.36. The van der Waals surface area contributed by atoms with Crippen LogP contribution in [-0.2, 0) is 16.6 Å². The van der Waals surface area contributed by atoms with Crippen LogP contribution in [0.3, 0.4) is 0 Å². The van der Waals surface area contributed by atoms with Crippen LogP contribution in [0.4, 0.5) is 11.8 Å². The van der Waals surface area contributed by atoms with Crippen molar-refractivity contribution in [1.29, 1.82) is 0 Å². The van der Waals surface area contributed by atoms with Gasteiger partial charge in [-0.15, -0.1) is 0 Å². The largest absolute Gasteiger partial charge is 0.368 e. The van der Waals surface area contributed by atoms with Crippen LogP contribution in [0, 0.1) is 6.92 Å². The fraction of sp³-hybridized carbons (Fsp3) is 0.375. The summed E-state index contributed by atoms with van der Waals surface area (Å²) < 4.78 is 26.5. The molecule has 3 rings (SSSR count). The van der Waals surface area contributed by atoms with Crippen LogP contribution in [0.2, 0.25) is 0 Å². The van der Waals surface area contributed by atoms with E-state index in [0.717, 1.165) is 24.1 Å². The van der Waals surface area contributed by atoms with Gasteiger partial charge in [0.1, 0.15) is 5.82 Å². The molecule has 8 heteroatoms. The predicted octanol–water partition coefficient (Wildman–Crippen LogP) is 1.76. The molecule has 24 heavy (non-hydrogen) atoms. The Labute approximate surface area is 142 Å². The standard InChI is InChI=1S/C16H21N5O2S/c1-12-10-15(20-16(17)19-12)18-11-13-4-6-14(7-5-13)24(22,23)21-8-2-3-9-21/h4-7,10H,2-3,8-9,11H2,1H3,(H3,17,18,19,20). The van der Waals surface area contributed by atoms with Crippen molar-refractivity contribution in [3.05, 3.63) is 41.6 Å². The average Bonchev–Trinajstić information content (AvgIpc) is 3.08. The van der Waals surface area contributed by atoms with Gasteiger partial charge in [0, 0.05) is 31.4 Å². The van der Waals surface area contributed by atoms with Gasteiger partial charge in [-0.05, 0) is 37.5 Å². The lowest BCUT2D eigenvalue weighted by Crippen LogP contribution is -2.27. The normalized spacial score (nSPS) is 15.5. The number of rotatable bonds is 5. The van der Waals surface area contributed by atoms with E-state index in [1.807, 2.05) is 25.1 Å². The van der Waals surface area contributed by atoms with Crippen LogP contribution < -0.4 is 11.1 Å². The Balaban J connectivity index is 1.68. The van der Waals surface area contributed by atoms with Crippen molar-refractivity contribution >= 4 is 21.8 Å². The van der Waals surface area contributed by atoms with Crippen LogP contribution >= 0.6 is 0 Å². The molecule has 0 amide bonds. The second-order valence-electron chi connectivity index (χ2n) is 5.86. The van der Waals surface area contributed by atoms with Crippen molar-refractivity contribution in [2.75, 3.05) is 24.1 Å². The van der Waals surface area contributed by atoms with Gasteiger partial charge in [-0.25, -0.2) is 13.4 Å². The van der Waals surface area contributed by atoms with Crippen molar-refractivity contribution in [3.8, 4) is 0 Å². The van der Waals surface area contributed by atoms with Crippen LogP contribution in [0.25, 0.3) is 0 Å². The zero-order valence-corrected chi connectivity index (χ0v) is 14.4. The first-order chi connectivity index (χ1) is 11.4. The Morgan fingerprint density at radius 2 is 1.83 bits per heavy atom. The molecule has 0 saturated carbocycles. The Morgan fingerprint density at radius 3 is 2.46 bits per heavy atom. The number of aromatic nitrogens is 2. The molecule has 0 spiro atoms. The summed E-state index contributed by atoms with van der Waals surface area (Å²) in [6.45, 7) is 3.60. The first-order valence-corrected chi connectivity index (χ1v) is 9.33. The summed E-state index contributed by atoms with van der Waals surface area (Å²) in [4.78, 5) is 8.47. The molecule has 1 aromatic heterocycles. The third-order valence-corrected chi connectivity index (χ3v) is 5.88. The van der Waals surface area contributed by atoms with Gasteiger partial charge in [-0.3, -0.25) is 0 Å². The molecule has 0 unspecified atom stereocenters. The Hall–Kier alpha value is -2.19. The molecule has 2 heterocycles. The number of benzene rings is 1. The first kappa shape index (κ1) is 16.7. The number of nitrogens with zero attached hydrogens (tertiary/aromatic N) is 3. The van der Waals surface area contributed by atoms with E-state index in [1.54, 1.807) is 16.4 Å². The summed E-state index contributed by atoms with van der Waals surface area (Å²) in [5, 5.41) is 3.16. The van der Waals surface area contributed by atoms with Gasteiger partial charge in [0.15, 0.2) is 0 Å². The molecule has 2 aromatic rings. The number of nitrogens with two attached hydrogens (primary N) is 1. The van der Waals surface area contributed by atoms with E-state index in [4.69, 9.17) is 5.73 Å². The Kier molecular flexibility index (Phi) is 4.68. The van der Waals surface area contributed by atoms with E-state index < -0.39 is 10.0 Å². The predicted molar refractivity (Wildman–Crippen MR) is 92.9 cm³/mol. The molecular weight excluding hydrogens is 326 g/mol. The second kappa shape index (κ2) is 6.74. The smallest absolute Gasteiger partial charge is 0.243 e. The second-order valence-corrected chi connectivity index (χ2v) is 7.80. The minimum absolute atomic E-state index is 0.226. The molecule has 1 aliphatic heterocycles. The summed E-state index contributed by atoms with van der Waals surface area (Å²) in [5.41, 5.74) is 7.37. The van der Waals surface area contributed by atoms with Crippen LogP contribution in [0.1, 0.15) is 24.1 Å². The summed E-state index contributed by atoms with van der Waals surface area (Å²) in [6, 6.07) is 8.75. The maximum atomic E-state index is 12.5. The number of aryl methyl sites for hydroxylation is 1. The van der Waals surface area contributed by atoms with E-state index in [0.29, 0.717) is 30.3 Å². The minimum Gasteiger partial charge on any atom is -0.368 e. The van der Waals surface area contributed by atoms with Crippen LogP contribution in [0.15, 0.2) is 35.2 Å². The van der Waals surface area contributed by atoms with Gasteiger partial charge in [0.2, 0.25) is 16.0 Å². The van der Waals surface area contributed by atoms with Gasteiger partial charge < -0.3 is 11.1 Å². The third kappa shape index (κ3) is 3.65. The van der Waals surface area contributed by atoms with Crippen molar-refractivity contribution in [2.45, 2.75) is 31.2 Å². The molecule has 1 aliphatic rings. The van der Waals surface area contributed by atoms with E-state index >= 15 is 0 Å². The number of sulfonamides is 1. The van der Waals surface area contributed by atoms with Crippen molar-refractivity contribution in [3.63, 3.8) is 0 Å². The lowest BCUT2D eigenvalue weighted by Gasteiger charge is -2.15. The molecule has 0 atom stereocenters. The fourth-order valence-electron chi connectivity index (χ4n) is 2.73. The van der Waals surface area contributed by atoms with Gasteiger partial charge in [-0.2, -0.15) is 9.29 Å². The Morgan fingerprint density at radius 1 is 1.17 bits per heavy atom. The highest BCUT2D eigenvalue weighted by Crippen LogP contribution is 2.21. The molecule has 0 radical (unpaired) electrons. The number of hydrogen-bond donors (Lipinski definition) is 2. The zero-order chi connectivity index (χ0) is 17.2. The third-order valence-electron chi connectivity index (χ3n) is 3.97. The average molecular weight is 347 g/mol. The van der Waals surface area contributed by atoms with Crippen LogP contribution in [-0.4, -0.2) is 35.8 Å². The highest BCUT2D eigenvalue weighted by molar-refractivity contribution is 7.89. The fourth-order valence-corrected chi connectivity index (χ4v) is 4.25. The number of nitrogens with one attached hydrogen (secondary N) is 1.